The largest absolute Gasteiger partial charge is 0.391 e. The Morgan fingerprint density at radius 3 is 2.47 bits per heavy atom. The second kappa shape index (κ2) is 10.8. The van der Waals surface area contributed by atoms with Crippen LogP contribution in [0, 0.1) is 18.3 Å². The number of likely N-dealkylation sites (tertiary alicyclic amines) is 1. The van der Waals surface area contributed by atoms with Crippen LogP contribution in [0.25, 0.3) is 10.4 Å². The van der Waals surface area contributed by atoms with Crippen molar-refractivity contribution in [3.05, 3.63) is 41.0 Å². The zero-order valence-electron chi connectivity index (χ0n) is 20.6. The lowest BCUT2D eigenvalue weighted by molar-refractivity contribution is -0.146. The zero-order valence-corrected chi connectivity index (χ0v) is 21.4. The summed E-state index contributed by atoms with van der Waals surface area (Å²) in [6.07, 6.45) is -0.0529. The average molecular weight is 486 g/mol. The summed E-state index contributed by atoms with van der Waals surface area (Å²) in [5.41, 5.74) is 4.40. The number of β-amino-alcohol motifs (C(OH)–C–C–N with tert-alkyl or cyclic N) is 1. The Hall–Kier alpha value is -2.58. The number of rotatable bonds is 8. The molecule has 1 fully saturated rings. The van der Waals surface area contributed by atoms with Gasteiger partial charge in [-0.15, -0.1) is 11.3 Å². The predicted molar refractivity (Wildman–Crippen MR) is 133 cm³/mol. The number of Topliss-reactive ketones (excluding diaryl/α,β-unsaturated/α-hetero) is 1. The molecule has 1 aromatic heterocycles. The minimum atomic E-state index is -0.760. The maximum absolute atomic E-state index is 13.4. The van der Waals surface area contributed by atoms with Crippen molar-refractivity contribution in [1.29, 1.82) is 0 Å². The molecule has 0 aliphatic carbocycles. The van der Waals surface area contributed by atoms with Crippen LogP contribution in [0.3, 0.4) is 0 Å². The minimum Gasteiger partial charge on any atom is -0.391 e. The van der Waals surface area contributed by atoms with Crippen LogP contribution < -0.4 is 5.32 Å². The lowest BCUT2D eigenvalue weighted by Crippen LogP contribution is -2.50. The number of benzene rings is 1. The second-order valence-electron chi connectivity index (χ2n) is 10.1. The Balaban J connectivity index is 1.67. The van der Waals surface area contributed by atoms with Gasteiger partial charge in [0, 0.05) is 38.3 Å². The summed E-state index contributed by atoms with van der Waals surface area (Å²) in [5, 5.41) is 13.2. The number of carbonyl (C=O) groups is 3. The molecular weight excluding hydrogens is 450 g/mol. The van der Waals surface area contributed by atoms with Crippen molar-refractivity contribution in [2.45, 2.75) is 72.6 Å². The van der Waals surface area contributed by atoms with Gasteiger partial charge in [0.05, 0.1) is 22.2 Å². The van der Waals surface area contributed by atoms with Gasteiger partial charge in [-0.2, -0.15) is 0 Å². The Labute approximate surface area is 205 Å². The molecule has 2 amide bonds. The average Bonchev–Trinajstić information content (AvgIpc) is 3.40. The van der Waals surface area contributed by atoms with Crippen LogP contribution in [0.15, 0.2) is 29.8 Å². The molecule has 3 atom stereocenters. The molecule has 1 saturated heterocycles. The molecule has 8 heteroatoms. The van der Waals surface area contributed by atoms with Gasteiger partial charge >= 0.3 is 0 Å². The molecule has 0 spiro atoms. The zero-order chi connectivity index (χ0) is 25.0. The van der Waals surface area contributed by atoms with Gasteiger partial charge in [-0.1, -0.05) is 52.0 Å². The number of aliphatic hydroxyl groups is 1. The molecule has 34 heavy (non-hydrogen) atoms. The van der Waals surface area contributed by atoms with Crippen molar-refractivity contribution in [1.82, 2.24) is 15.2 Å². The van der Waals surface area contributed by atoms with Gasteiger partial charge in [0.1, 0.15) is 11.8 Å². The van der Waals surface area contributed by atoms with Crippen molar-refractivity contribution < 1.29 is 19.5 Å². The van der Waals surface area contributed by atoms with Gasteiger partial charge in [-0.3, -0.25) is 14.4 Å². The molecule has 184 valence electrons. The number of nitrogens with zero attached hydrogens (tertiary/aromatic N) is 2. The topological polar surface area (TPSA) is 99.6 Å². The number of carbonyl (C=O) groups excluding carboxylic acids is 3. The number of hydrogen-bond donors (Lipinski definition) is 2. The third-order valence-corrected chi connectivity index (χ3v) is 7.44. The summed E-state index contributed by atoms with van der Waals surface area (Å²) in [7, 11) is 0. The normalized spacial score (nSPS) is 19.2. The standard InChI is InChI=1S/C26H35N3O4S/c1-6-19(30)11-21(26(3,4)5)25(33)29-14-20(31)12-22(29)24(32)27-13-17-7-9-18(10-8-17)23-16(2)28-15-34-23/h7-10,15,20-22,31H,6,11-14H2,1-5H3,(H,27,32)/t20-,21-,22+/m1/s1. The highest BCUT2D eigenvalue weighted by atomic mass is 32.1. The summed E-state index contributed by atoms with van der Waals surface area (Å²) in [4.78, 5) is 45.5. The number of amides is 2. The smallest absolute Gasteiger partial charge is 0.243 e. The molecule has 0 unspecified atom stereocenters. The second-order valence-corrected chi connectivity index (χ2v) is 10.9. The molecule has 0 saturated carbocycles. The van der Waals surface area contributed by atoms with Gasteiger partial charge in [-0.05, 0) is 23.5 Å². The van der Waals surface area contributed by atoms with Crippen molar-refractivity contribution in [2.75, 3.05) is 6.54 Å². The number of hydrogen-bond acceptors (Lipinski definition) is 6. The van der Waals surface area contributed by atoms with Gasteiger partial charge in [0.2, 0.25) is 11.8 Å². The summed E-state index contributed by atoms with van der Waals surface area (Å²) in [6, 6.07) is 7.20. The van der Waals surface area contributed by atoms with Crippen LogP contribution in [-0.2, 0) is 20.9 Å². The van der Waals surface area contributed by atoms with E-state index in [0.717, 1.165) is 21.7 Å². The van der Waals surface area contributed by atoms with E-state index in [9.17, 15) is 19.5 Å². The third kappa shape index (κ3) is 6.10. The van der Waals surface area contributed by atoms with E-state index in [2.05, 4.69) is 10.3 Å². The monoisotopic (exact) mass is 485 g/mol. The molecule has 2 N–H and O–H groups in total. The number of aromatic nitrogens is 1. The Kier molecular flexibility index (Phi) is 8.25. The van der Waals surface area contributed by atoms with Gasteiger partial charge < -0.3 is 15.3 Å². The van der Waals surface area contributed by atoms with Crippen LogP contribution in [0.4, 0.5) is 0 Å². The SMILES string of the molecule is CCC(=O)C[C@H](C(=O)N1C[C@H](O)C[C@H]1C(=O)NCc1ccc(-c2scnc2C)cc1)C(C)(C)C. The molecule has 7 nitrogen and oxygen atoms in total. The van der Waals surface area contributed by atoms with Crippen LogP contribution in [-0.4, -0.2) is 51.3 Å². The maximum atomic E-state index is 13.4. The van der Waals surface area contributed by atoms with E-state index >= 15 is 0 Å². The molecule has 2 heterocycles. The number of thiazole rings is 1. The van der Waals surface area contributed by atoms with Crippen molar-refractivity contribution in [3.63, 3.8) is 0 Å². The Morgan fingerprint density at radius 1 is 1.24 bits per heavy atom. The summed E-state index contributed by atoms with van der Waals surface area (Å²) < 4.78 is 0. The number of aliphatic hydroxyl groups excluding tert-OH is 1. The van der Waals surface area contributed by atoms with E-state index in [0.29, 0.717) is 13.0 Å². The number of ketones is 1. The first-order valence-corrected chi connectivity index (χ1v) is 12.7. The number of aryl methyl sites for hydroxylation is 1. The fourth-order valence-corrected chi connectivity index (χ4v) is 5.11. The quantitative estimate of drug-likeness (QED) is 0.594. The summed E-state index contributed by atoms with van der Waals surface area (Å²) >= 11 is 1.59. The predicted octanol–water partition coefficient (Wildman–Crippen LogP) is 3.73. The van der Waals surface area contributed by atoms with Crippen molar-refractivity contribution >= 4 is 28.9 Å². The summed E-state index contributed by atoms with van der Waals surface area (Å²) in [5.74, 6) is -1.05. The highest BCUT2D eigenvalue weighted by Crippen LogP contribution is 2.33. The molecule has 1 aliphatic heterocycles. The molecule has 0 radical (unpaired) electrons. The molecule has 3 rings (SSSR count). The Morgan fingerprint density at radius 2 is 1.91 bits per heavy atom. The first-order chi connectivity index (χ1) is 16.0. The Bertz CT molecular complexity index is 1030. The molecule has 2 aromatic rings. The fourth-order valence-electron chi connectivity index (χ4n) is 4.30. The van der Waals surface area contributed by atoms with E-state index in [1.165, 1.54) is 4.90 Å². The van der Waals surface area contributed by atoms with E-state index in [-0.39, 0.29) is 37.0 Å². The highest BCUT2D eigenvalue weighted by Gasteiger charge is 2.44. The molecule has 1 aliphatic rings. The van der Waals surface area contributed by atoms with E-state index < -0.39 is 23.5 Å². The van der Waals surface area contributed by atoms with E-state index in [1.807, 2.05) is 57.5 Å². The fraction of sp³-hybridized carbons (Fsp3) is 0.538. The molecule has 1 aromatic carbocycles. The minimum absolute atomic E-state index is 0.0194. The van der Waals surface area contributed by atoms with Crippen LogP contribution in [0.5, 0.6) is 0 Å². The highest BCUT2D eigenvalue weighted by molar-refractivity contribution is 7.13. The molecule has 0 bridgehead atoms. The van der Waals surface area contributed by atoms with Crippen molar-refractivity contribution in [3.8, 4) is 10.4 Å². The van der Waals surface area contributed by atoms with Crippen LogP contribution in [0.2, 0.25) is 0 Å². The van der Waals surface area contributed by atoms with Gasteiger partial charge in [-0.25, -0.2) is 4.98 Å². The van der Waals surface area contributed by atoms with Gasteiger partial charge in [0.15, 0.2) is 0 Å². The lowest BCUT2D eigenvalue weighted by atomic mass is 9.76. The molecular formula is C26H35N3O4S. The summed E-state index contributed by atoms with van der Waals surface area (Å²) in [6.45, 7) is 9.98. The number of nitrogens with one attached hydrogen (secondary N) is 1. The van der Waals surface area contributed by atoms with E-state index in [4.69, 9.17) is 0 Å². The first-order valence-electron chi connectivity index (χ1n) is 11.8. The van der Waals surface area contributed by atoms with Crippen molar-refractivity contribution in [2.24, 2.45) is 11.3 Å². The van der Waals surface area contributed by atoms with Crippen LogP contribution in [0.1, 0.15) is 58.2 Å². The van der Waals surface area contributed by atoms with Gasteiger partial charge in [0.25, 0.3) is 0 Å². The first kappa shape index (κ1) is 26.0. The van der Waals surface area contributed by atoms with Crippen LogP contribution >= 0.6 is 11.3 Å². The van der Waals surface area contributed by atoms with E-state index in [1.54, 1.807) is 18.3 Å². The third-order valence-electron chi connectivity index (χ3n) is 6.46. The lowest BCUT2D eigenvalue weighted by Gasteiger charge is -2.34. The maximum Gasteiger partial charge on any atom is 0.243 e.